The van der Waals surface area contributed by atoms with E-state index in [-0.39, 0.29) is 0 Å². The van der Waals surface area contributed by atoms with Gasteiger partial charge in [-0.2, -0.15) is 0 Å². The van der Waals surface area contributed by atoms with Crippen molar-refractivity contribution in [3.8, 4) is 0 Å². The molecule has 0 saturated heterocycles. The van der Waals surface area contributed by atoms with Crippen molar-refractivity contribution in [2.75, 3.05) is 0 Å². The van der Waals surface area contributed by atoms with Crippen LogP contribution in [0.2, 0.25) is 0 Å². The molecule has 2 bridgehead atoms. The second-order valence-corrected chi connectivity index (χ2v) is 4.28. The summed E-state index contributed by atoms with van der Waals surface area (Å²) in [5, 5.41) is 1.33. The molecule has 1 heteroatoms. The van der Waals surface area contributed by atoms with Crippen LogP contribution in [0.15, 0.2) is 36.4 Å². The number of hydrogen-bond acceptors (Lipinski definition) is 1. The smallest absolute Gasteiger partial charge is 0.0490 e. The molecule has 11 heavy (non-hydrogen) atoms. The van der Waals surface area contributed by atoms with Crippen LogP contribution >= 0.6 is 11.8 Å². The fourth-order valence-corrected chi connectivity index (χ4v) is 3.23. The van der Waals surface area contributed by atoms with Crippen molar-refractivity contribution < 1.29 is 0 Å². The first-order valence-corrected chi connectivity index (χ1v) is 4.82. The van der Waals surface area contributed by atoms with Crippen molar-refractivity contribution in [1.29, 1.82) is 0 Å². The van der Waals surface area contributed by atoms with Crippen LogP contribution < -0.4 is 0 Å². The molecule has 2 atom stereocenters. The molecule has 0 spiro atoms. The molecule has 2 unspecified atom stereocenters. The van der Waals surface area contributed by atoms with Crippen molar-refractivity contribution in [1.82, 2.24) is 0 Å². The van der Waals surface area contributed by atoms with E-state index in [0.29, 0.717) is 10.5 Å². The maximum atomic E-state index is 2.32. The number of fused-ring (bicyclic) bond motifs is 5. The number of benzene rings is 1. The summed E-state index contributed by atoms with van der Waals surface area (Å²) in [6.07, 6.45) is 4.63. The monoisotopic (exact) mass is 160 g/mol. The van der Waals surface area contributed by atoms with Crippen LogP contribution in [-0.4, -0.2) is 0 Å². The minimum absolute atomic E-state index is 0.663. The highest BCUT2D eigenvalue weighted by molar-refractivity contribution is 8.00. The lowest BCUT2D eigenvalue weighted by Crippen LogP contribution is -1.90. The highest BCUT2D eigenvalue weighted by atomic mass is 32.2. The van der Waals surface area contributed by atoms with Crippen LogP contribution in [0.1, 0.15) is 21.6 Å². The lowest BCUT2D eigenvalue weighted by molar-refractivity contribution is 1.13. The van der Waals surface area contributed by atoms with E-state index in [1.807, 2.05) is 11.8 Å². The zero-order chi connectivity index (χ0) is 7.26. The summed E-state index contributed by atoms with van der Waals surface area (Å²) >= 11 is 2.05. The first kappa shape index (κ1) is 5.90. The van der Waals surface area contributed by atoms with E-state index in [0.717, 1.165) is 0 Å². The lowest BCUT2D eigenvalue weighted by atomic mass is 9.97. The molecule has 0 aromatic heterocycles. The van der Waals surface area contributed by atoms with Gasteiger partial charge in [-0.15, -0.1) is 11.8 Å². The topological polar surface area (TPSA) is 0 Å². The molecule has 0 fully saturated rings. The Hall–Kier alpha value is -0.690. The van der Waals surface area contributed by atoms with Crippen molar-refractivity contribution in [3.63, 3.8) is 0 Å². The van der Waals surface area contributed by atoms with Gasteiger partial charge in [0.05, 0.1) is 0 Å². The van der Waals surface area contributed by atoms with Crippen LogP contribution in [0, 0.1) is 0 Å². The molecular weight excluding hydrogens is 152 g/mol. The van der Waals surface area contributed by atoms with E-state index in [1.165, 1.54) is 11.1 Å². The maximum absolute atomic E-state index is 2.32. The Morgan fingerprint density at radius 1 is 0.909 bits per heavy atom. The summed E-state index contributed by atoms with van der Waals surface area (Å²) in [5.74, 6) is 0. The third-order valence-corrected chi connectivity index (χ3v) is 3.77. The number of rotatable bonds is 0. The highest BCUT2D eigenvalue weighted by Crippen LogP contribution is 2.56. The van der Waals surface area contributed by atoms with E-state index in [4.69, 9.17) is 0 Å². The van der Waals surface area contributed by atoms with Crippen LogP contribution in [-0.2, 0) is 0 Å². The molecule has 0 saturated carbocycles. The lowest BCUT2D eigenvalue weighted by Gasteiger charge is -2.06. The van der Waals surface area contributed by atoms with E-state index in [9.17, 15) is 0 Å². The quantitative estimate of drug-likeness (QED) is 0.525. The SMILES string of the molecule is C1=CC2SC1c1ccccc12. The third kappa shape index (κ3) is 0.667. The van der Waals surface area contributed by atoms with Gasteiger partial charge in [0.1, 0.15) is 0 Å². The van der Waals surface area contributed by atoms with Gasteiger partial charge in [0.15, 0.2) is 0 Å². The van der Waals surface area contributed by atoms with Gasteiger partial charge in [0.25, 0.3) is 0 Å². The van der Waals surface area contributed by atoms with Gasteiger partial charge in [-0.05, 0) is 11.1 Å². The molecule has 2 heterocycles. The normalized spacial score (nSPS) is 30.9. The fraction of sp³-hybridized carbons (Fsp3) is 0.200. The predicted octanol–water partition coefficient (Wildman–Crippen LogP) is 3.09. The summed E-state index contributed by atoms with van der Waals surface area (Å²) < 4.78 is 0. The van der Waals surface area contributed by atoms with Gasteiger partial charge < -0.3 is 0 Å². The van der Waals surface area contributed by atoms with E-state index in [1.54, 1.807) is 0 Å². The second-order valence-electron chi connectivity index (χ2n) is 2.99. The Bertz CT molecular complexity index is 296. The molecule has 2 aliphatic rings. The highest BCUT2D eigenvalue weighted by Gasteiger charge is 2.32. The minimum atomic E-state index is 0.663. The first-order valence-electron chi connectivity index (χ1n) is 3.88. The number of thioether (sulfide) groups is 1. The number of hydrogen-bond donors (Lipinski definition) is 0. The average Bonchev–Trinajstić information content (AvgIpc) is 2.64. The van der Waals surface area contributed by atoms with Crippen molar-refractivity contribution in [2.24, 2.45) is 0 Å². The Kier molecular flexibility index (Phi) is 1.03. The Balaban J connectivity index is 2.28. The molecular formula is C10H8S. The van der Waals surface area contributed by atoms with Gasteiger partial charge in [0, 0.05) is 10.5 Å². The van der Waals surface area contributed by atoms with Crippen LogP contribution in [0.5, 0.6) is 0 Å². The second kappa shape index (κ2) is 1.92. The van der Waals surface area contributed by atoms with Gasteiger partial charge in [-0.25, -0.2) is 0 Å². The molecule has 0 N–H and O–H groups in total. The van der Waals surface area contributed by atoms with Gasteiger partial charge in [-0.3, -0.25) is 0 Å². The van der Waals surface area contributed by atoms with Crippen molar-refractivity contribution >= 4 is 11.8 Å². The zero-order valence-corrected chi connectivity index (χ0v) is 6.84. The summed E-state index contributed by atoms with van der Waals surface area (Å²) in [6.45, 7) is 0. The zero-order valence-electron chi connectivity index (χ0n) is 6.03. The Morgan fingerprint density at radius 3 is 2.00 bits per heavy atom. The Morgan fingerprint density at radius 2 is 1.45 bits per heavy atom. The van der Waals surface area contributed by atoms with Crippen LogP contribution in [0.25, 0.3) is 0 Å². The van der Waals surface area contributed by atoms with E-state index in [2.05, 4.69) is 36.4 Å². The maximum Gasteiger partial charge on any atom is 0.0490 e. The molecule has 2 aliphatic heterocycles. The molecule has 1 aromatic carbocycles. The molecule has 1 aromatic rings. The van der Waals surface area contributed by atoms with Crippen molar-refractivity contribution in [3.05, 3.63) is 47.5 Å². The minimum Gasteiger partial charge on any atom is -0.137 e. The molecule has 0 amide bonds. The molecule has 54 valence electrons. The third-order valence-electron chi connectivity index (χ3n) is 2.36. The van der Waals surface area contributed by atoms with Gasteiger partial charge in [0.2, 0.25) is 0 Å². The van der Waals surface area contributed by atoms with Crippen molar-refractivity contribution in [2.45, 2.75) is 10.5 Å². The fourth-order valence-electron chi connectivity index (χ4n) is 1.83. The summed E-state index contributed by atoms with van der Waals surface area (Å²) in [4.78, 5) is 0. The van der Waals surface area contributed by atoms with Crippen LogP contribution in [0.3, 0.4) is 0 Å². The summed E-state index contributed by atoms with van der Waals surface area (Å²) in [5.41, 5.74) is 3.06. The first-order chi connectivity index (χ1) is 5.45. The largest absolute Gasteiger partial charge is 0.137 e. The molecule has 0 nitrogen and oxygen atoms in total. The van der Waals surface area contributed by atoms with Gasteiger partial charge >= 0.3 is 0 Å². The van der Waals surface area contributed by atoms with Gasteiger partial charge in [-0.1, -0.05) is 36.4 Å². The Labute approximate surface area is 70.3 Å². The van der Waals surface area contributed by atoms with Crippen LogP contribution in [0.4, 0.5) is 0 Å². The van der Waals surface area contributed by atoms with E-state index >= 15 is 0 Å². The molecule has 3 rings (SSSR count). The summed E-state index contributed by atoms with van der Waals surface area (Å²) in [7, 11) is 0. The predicted molar refractivity (Wildman–Crippen MR) is 48.7 cm³/mol. The molecule has 0 radical (unpaired) electrons. The standard InChI is InChI=1S/C10H8S/c1-2-4-8-7(3-1)9-5-6-10(8)11-9/h1-6,9-10H. The average molecular weight is 160 g/mol. The molecule has 0 aliphatic carbocycles. The van der Waals surface area contributed by atoms with E-state index < -0.39 is 0 Å². The summed E-state index contributed by atoms with van der Waals surface area (Å²) in [6, 6.07) is 8.76.